The number of nitrogens with zero attached hydrogens (tertiary/aromatic N) is 1. The molecule has 11 heteroatoms. The zero-order valence-corrected chi connectivity index (χ0v) is 19.8. The van der Waals surface area contributed by atoms with E-state index in [1.165, 1.54) is 24.6 Å². The van der Waals surface area contributed by atoms with Crippen LogP contribution < -0.4 is 20.9 Å². The van der Waals surface area contributed by atoms with Gasteiger partial charge in [0, 0.05) is 23.3 Å². The van der Waals surface area contributed by atoms with Gasteiger partial charge in [0.1, 0.15) is 5.75 Å². The van der Waals surface area contributed by atoms with Crippen molar-refractivity contribution in [2.45, 2.75) is 32.6 Å². The number of non-ortho nitro benzene ring substituents is 1. The maximum atomic E-state index is 12.4. The summed E-state index contributed by atoms with van der Waals surface area (Å²) in [5.41, 5.74) is 4.86. The second-order valence-corrected chi connectivity index (χ2v) is 7.99. The number of rotatable bonds is 9. The van der Waals surface area contributed by atoms with Crippen LogP contribution >= 0.6 is 28.1 Å². The van der Waals surface area contributed by atoms with Crippen molar-refractivity contribution >= 4 is 50.8 Å². The fraction of sp³-hybridized carbons (Fsp3) is 0.286. The van der Waals surface area contributed by atoms with Gasteiger partial charge >= 0.3 is 0 Å². The van der Waals surface area contributed by atoms with E-state index in [0.29, 0.717) is 22.4 Å². The number of carbonyl (C=O) groups excluding carboxylic acids is 2. The molecule has 0 fully saturated rings. The van der Waals surface area contributed by atoms with Crippen molar-refractivity contribution < 1.29 is 19.2 Å². The van der Waals surface area contributed by atoms with Gasteiger partial charge in [-0.15, -0.1) is 0 Å². The van der Waals surface area contributed by atoms with Gasteiger partial charge in [-0.25, -0.2) is 0 Å². The lowest BCUT2D eigenvalue weighted by Gasteiger charge is -2.12. The van der Waals surface area contributed by atoms with Gasteiger partial charge in [-0.2, -0.15) is 0 Å². The van der Waals surface area contributed by atoms with Gasteiger partial charge < -0.3 is 4.74 Å². The Hall–Kier alpha value is -3.05. The van der Waals surface area contributed by atoms with E-state index in [1.807, 2.05) is 0 Å². The molecule has 0 bridgehead atoms. The Morgan fingerprint density at radius 1 is 1.06 bits per heavy atom. The summed E-state index contributed by atoms with van der Waals surface area (Å²) in [6.45, 7) is 2.75. The number of nitrogens with one attached hydrogen (secondary N) is 3. The minimum atomic E-state index is -0.645. The number of amides is 2. The smallest absolute Gasteiger partial charge is 0.270 e. The van der Waals surface area contributed by atoms with Gasteiger partial charge in [0.05, 0.1) is 16.0 Å². The van der Waals surface area contributed by atoms with Gasteiger partial charge in [-0.05, 0) is 58.8 Å². The Labute approximate surface area is 199 Å². The monoisotopic (exact) mass is 522 g/mol. The number of thiocarbonyl (C=S) groups is 1. The molecule has 32 heavy (non-hydrogen) atoms. The predicted octanol–water partition coefficient (Wildman–Crippen LogP) is 4.27. The quantitative estimate of drug-likeness (QED) is 0.194. The van der Waals surface area contributed by atoms with E-state index in [2.05, 4.69) is 39.0 Å². The van der Waals surface area contributed by atoms with Crippen LogP contribution in [0.15, 0.2) is 46.9 Å². The SMILES string of the molecule is CCCCCCOc1ccc(C(=O)NC(=S)NNC(=O)c2cccc([N+](=O)[O-])c2)cc1Br. The molecule has 0 aliphatic heterocycles. The van der Waals surface area contributed by atoms with Crippen molar-refractivity contribution in [3.63, 3.8) is 0 Å². The summed E-state index contributed by atoms with van der Waals surface area (Å²) in [7, 11) is 0. The third kappa shape index (κ3) is 7.89. The molecule has 2 rings (SSSR count). The van der Waals surface area contributed by atoms with Crippen LogP contribution in [0.25, 0.3) is 0 Å². The van der Waals surface area contributed by atoms with Gasteiger partial charge in [-0.1, -0.05) is 32.3 Å². The van der Waals surface area contributed by atoms with Crippen LogP contribution in [0.1, 0.15) is 53.3 Å². The highest BCUT2D eigenvalue weighted by atomic mass is 79.9. The molecule has 0 aliphatic rings. The van der Waals surface area contributed by atoms with Crippen LogP contribution in [0.3, 0.4) is 0 Å². The second kappa shape index (κ2) is 12.7. The minimum absolute atomic E-state index is 0.0649. The molecule has 0 atom stereocenters. The van der Waals surface area contributed by atoms with Crippen LogP contribution in [0.5, 0.6) is 5.75 Å². The summed E-state index contributed by atoms with van der Waals surface area (Å²) < 4.78 is 6.36. The minimum Gasteiger partial charge on any atom is -0.492 e. The van der Waals surface area contributed by atoms with Crippen molar-refractivity contribution in [2.24, 2.45) is 0 Å². The lowest BCUT2D eigenvalue weighted by Crippen LogP contribution is -2.48. The van der Waals surface area contributed by atoms with E-state index in [1.54, 1.807) is 18.2 Å². The molecule has 2 amide bonds. The normalized spacial score (nSPS) is 10.2. The molecule has 0 saturated carbocycles. The molecule has 0 saturated heterocycles. The van der Waals surface area contributed by atoms with Crippen molar-refractivity contribution in [1.82, 2.24) is 16.2 Å². The summed E-state index contributed by atoms with van der Waals surface area (Å²) >= 11 is 8.41. The lowest BCUT2D eigenvalue weighted by molar-refractivity contribution is -0.384. The van der Waals surface area contributed by atoms with Gasteiger partial charge in [0.25, 0.3) is 17.5 Å². The topological polar surface area (TPSA) is 123 Å². The second-order valence-electron chi connectivity index (χ2n) is 6.72. The molecular weight excluding hydrogens is 500 g/mol. The van der Waals surface area contributed by atoms with Gasteiger partial charge in [-0.3, -0.25) is 35.9 Å². The van der Waals surface area contributed by atoms with E-state index in [0.717, 1.165) is 25.3 Å². The summed E-state index contributed by atoms with van der Waals surface area (Å²) in [6, 6.07) is 10.1. The zero-order valence-electron chi connectivity index (χ0n) is 17.4. The van der Waals surface area contributed by atoms with E-state index in [-0.39, 0.29) is 16.4 Å². The molecule has 0 radical (unpaired) electrons. The first-order valence-electron chi connectivity index (χ1n) is 9.90. The Morgan fingerprint density at radius 3 is 2.50 bits per heavy atom. The highest BCUT2D eigenvalue weighted by Crippen LogP contribution is 2.26. The molecule has 0 heterocycles. The molecule has 0 aromatic heterocycles. The fourth-order valence-corrected chi connectivity index (χ4v) is 3.26. The maximum Gasteiger partial charge on any atom is 0.270 e. The van der Waals surface area contributed by atoms with Crippen molar-refractivity contribution in [2.75, 3.05) is 6.61 Å². The van der Waals surface area contributed by atoms with Gasteiger partial charge in [0.2, 0.25) is 0 Å². The van der Waals surface area contributed by atoms with Crippen LogP contribution in [-0.4, -0.2) is 28.5 Å². The van der Waals surface area contributed by atoms with Crippen molar-refractivity contribution in [3.05, 3.63) is 68.2 Å². The van der Waals surface area contributed by atoms with E-state index >= 15 is 0 Å². The first-order chi connectivity index (χ1) is 15.3. The van der Waals surface area contributed by atoms with Crippen LogP contribution in [0, 0.1) is 10.1 Å². The van der Waals surface area contributed by atoms with Crippen LogP contribution in [0.4, 0.5) is 5.69 Å². The molecule has 0 unspecified atom stereocenters. The molecular formula is C21H23BrN4O5S. The maximum absolute atomic E-state index is 12.4. The average Bonchev–Trinajstić information content (AvgIpc) is 2.78. The number of ether oxygens (including phenoxy) is 1. The highest BCUT2D eigenvalue weighted by molar-refractivity contribution is 9.10. The summed E-state index contributed by atoms with van der Waals surface area (Å²) in [5.74, 6) is -0.487. The average molecular weight is 523 g/mol. The van der Waals surface area contributed by atoms with Gasteiger partial charge in [0.15, 0.2) is 5.11 Å². The molecule has 2 aromatic rings. The summed E-state index contributed by atoms with van der Waals surface area (Å²) in [4.78, 5) is 34.7. The Bertz CT molecular complexity index is 1000. The highest BCUT2D eigenvalue weighted by Gasteiger charge is 2.14. The van der Waals surface area contributed by atoms with Crippen molar-refractivity contribution in [3.8, 4) is 5.75 Å². The van der Waals surface area contributed by atoms with Crippen LogP contribution in [0.2, 0.25) is 0 Å². The largest absolute Gasteiger partial charge is 0.492 e. The third-order valence-electron chi connectivity index (χ3n) is 4.29. The molecule has 170 valence electrons. The molecule has 0 aliphatic carbocycles. The summed E-state index contributed by atoms with van der Waals surface area (Å²) in [5, 5.41) is 13.1. The number of nitro groups is 1. The third-order valence-corrected chi connectivity index (χ3v) is 5.11. The summed E-state index contributed by atoms with van der Waals surface area (Å²) in [6.07, 6.45) is 4.40. The van der Waals surface area contributed by atoms with E-state index in [4.69, 9.17) is 17.0 Å². The predicted molar refractivity (Wildman–Crippen MR) is 128 cm³/mol. The Balaban J connectivity index is 1.84. The molecule has 0 spiro atoms. The fourth-order valence-electron chi connectivity index (χ4n) is 2.62. The zero-order chi connectivity index (χ0) is 23.5. The standard InChI is InChI=1S/C21H23BrN4O5S/c1-2-3-4-5-11-31-18-10-9-15(13-17(18)22)19(27)23-21(32)25-24-20(28)14-7-6-8-16(12-14)26(29)30/h6-10,12-13H,2-5,11H2,1H3,(H,24,28)(H2,23,25,27,32). The number of halogens is 1. The molecule has 9 nitrogen and oxygen atoms in total. The number of hydrogen-bond acceptors (Lipinski definition) is 6. The molecule has 3 N–H and O–H groups in total. The Kier molecular flexibility index (Phi) is 10.0. The molecule has 2 aromatic carbocycles. The first kappa shape index (κ1) is 25.2. The number of carbonyl (C=O) groups is 2. The number of benzene rings is 2. The first-order valence-corrected chi connectivity index (χ1v) is 11.1. The Morgan fingerprint density at radius 2 is 1.81 bits per heavy atom. The van der Waals surface area contributed by atoms with E-state index in [9.17, 15) is 19.7 Å². The van der Waals surface area contributed by atoms with Crippen molar-refractivity contribution in [1.29, 1.82) is 0 Å². The van der Waals surface area contributed by atoms with E-state index < -0.39 is 16.7 Å². The number of hydrazine groups is 1. The number of unbranched alkanes of at least 4 members (excludes halogenated alkanes) is 3. The lowest BCUT2D eigenvalue weighted by atomic mass is 10.2. The number of nitro benzene ring substituents is 1. The number of hydrogen-bond donors (Lipinski definition) is 3. The van der Waals surface area contributed by atoms with Crippen LogP contribution in [-0.2, 0) is 0 Å².